The largest absolute Gasteiger partial charge is 0.464 e. The third-order valence-corrected chi connectivity index (χ3v) is 3.35. The normalized spacial score (nSPS) is 11.0. The van der Waals surface area contributed by atoms with Crippen LogP contribution in [-0.4, -0.2) is 35.2 Å². The van der Waals surface area contributed by atoms with Gasteiger partial charge in [0.25, 0.3) is 0 Å². The highest BCUT2D eigenvalue weighted by Gasteiger charge is 2.12. The highest BCUT2D eigenvalue weighted by Crippen LogP contribution is 2.18. The Morgan fingerprint density at radius 3 is 2.77 bits per heavy atom. The maximum atomic E-state index is 5.66. The Balaban J connectivity index is 1.88. The molecule has 0 spiro atoms. The van der Waals surface area contributed by atoms with Crippen molar-refractivity contribution >= 4 is 17.0 Å². The van der Waals surface area contributed by atoms with Crippen molar-refractivity contribution in [2.75, 3.05) is 25.2 Å². The van der Waals surface area contributed by atoms with Crippen LogP contribution in [0.4, 0.5) is 5.82 Å². The van der Waals surface area contributed by atoms with E-state index in [-0.39, 0.29) is 0 Å². The van der Waals surface area contributed by atoms with Crippen molar-refractivity contribution in [3.05, 3.63) is 48.2 Å². The van der Waals surface area contributed by atoms with E-state index in [2.05, 4.69) is 19.9 Å². The lowest BCUT2D eigenvalue weighted by Gasteiger charge is -2.22. The summed E-state index contributed by atoms with van der Waals surface area (Å²) < 4.78 is 10.9. The van der Waals surface area contributed by atoms with E-state index in [1.807, 2.05) is 31.2 Å². The van der Waals surface area contributed by atoms with Crippen LogP contribution >= 0.6 is 0 Å². The summed E-state index contributed by atoms with van der Waals surface area (Å²) in [7, 11) is 1.69. The van der Waals surface area contributed by atoms with Gasteiger partial charge in [0, 0.05) is 26.0 Å². The first-order valence-corrected chi connectivity index (χ1v) is 7.13. The number of hydrogen-bond donors (Lipinski definition) is 0. The fourth-order valence-electron chi connectivity index (χ4n) is 2.25. The zero-order valence-electron chi connectivity index (χ0n) is 12.7. The number of methoxy groups -OCH3 is 1. The van der Waals surface area contributed by atoms with Gasteiger partial charge in [0.05, 0.1) is 13.2 Å². The lowest BCUT2D eigenvalue weighted by atomic mass is 10.3. The fraction of sp³-hybridized carbons (Fsp3) is 0.312. The van der Waals surface area contributed by atoms with Crippen LogP contribution in [0.15, 0.2) is 41.1 Å². The molecular weight excluding hydrogens is 280 g/mol. The van der Waals surface area contributed by atoms with Gasteiger partial charge in [-0.15, -0.1) is 0 Å². The van der Waals surface area contributed by atoms with Crippen molar-refractivity contribution in [3.63, 3.8) is 0 Å². The number of hydrogen-bond acceptors (Lipinski definition) is 6. The van der Waals surface area contributed by atoms with Crippen molar-refractivity contribution in [3.8, 4) is 0 Å². The number of fused-ring (bicyclic) bond motifs is 1. The quantitative estimate of drug-likeness (QED) is 0.697. The van der Waals surface area contributed by atoms with Crippen molar-refractivity contribution in [1.82, 2.24) is 15.0 Å². The van der Waals surface area contributed by atoms with Crippen LogP contribution in [0.3, 0.4) is 0 Å². The number of pyridine rings is 1. The first-order chi connectivity index (χ1) is 10.8. The molecule has 0 aromatic carbocycles. The summed E-state index contributed by atoms with van der Waals surface area (Å²) in [4.78, 5) is 15.2. The van der Waals surface area contributed by atoms with Gasteiger partial charge in [-0.3, -0.25) is 4.98 Å². The van der Waals surface area contributed by atoms with Crippen molar-refractivity contribution in [1.29, 1.82) is 0 Å². The Bertz CT molecular complexity index is 756. The molecule has 0 radical (unpaired) electrons. The number of ether oxygens (including phenoxy) is 1. The van der Waals surface area contributed by atoms with E-state index in [1.165, 1.54) is 0 Å². The topological polar surface area (TPSA) is 64.3 Å². The molecule has 6 nitrogen and oxygen atoms in total. The van der Waals surface area contributed by atoms with Gasteiger partial charge in [-0.1, -0.05) is 0 Å². The minimum atomic E-state index is 0.611. The van der Waals surface area contributed by atoms with Gasteiger partial charge in [0.2, 0.25) is 0 Å². The monoisotopic (exact) mass is 298 g/mol. The predicted molar refractivity (Wildman–Crippen MR) is 83.7 cm³/mol. The maximum Gasteiger partial charge on any atom is 0.180 e. The highest BCUT2D eigenvalue weighted by molar-refractivity contribution is 5.71. The number of aromatic nitrogens is 3. The summed E-state index contributed by atoms with van der Waals surface area (Å²) >= 11 is 0. The molecular formula is C16H18N4O2. The van der Waals surface area contributed by atoms with E-state index in [0.29, 0.717) is 18.8 Å². The lowest BCUT2D eigenvalue weighted by molar-refractivity contribution is 0.204. The van der Waals surface area contributed by atoms with Crippen molar-refractivity contribution in [2.45, 2.75) is 13.5 Å². The first-order valence-electron chi connectivity index (χ1n) is 7.13. The number of nitrogens with zero attached hydrogens (tertiary/aromatic N) is 4. The minimum absolute atomic E-state index is 0.611. The Kier molecular flexibility index (Phi) is 4.29. The van der Waals surface area contributed by atoms with Gasteiger partial charge >= 0.3 is 0 Å². The SMILES string of the molecule is COCCN(Cc1ccc(C)o1)c1ccc2nccnc2n1. The molecule has 0 fully saturated rings. The summed E-state index contributed by atoms with van der Waals surface area (Å²) in [6.07, 6.45) is 3.31. The molecule has 0 aliphatic carbocycles. The Hall–Kier alpha value is -2.47. The summed E-state index contributed by atoms with van der Waals surface area (Å²) in [6.45, 7) is 3.90. The van der Waals surface area contributed by atoms with Crippen LogP contribution in [-0.2, 0) is 11.3 Å². The van der Waals surface area contributed by atoms with Crippen LogP contribution in [0.2, 0.25) is 0 Å². The molecule has 0 amide bonds. The van der Waals surface area contributed by atoms with Crippen LogP contribution in [0, 0.1) is 6.92 Å². The molecule has 0 N–H and O–H groups in total. The van der Waals surface area contributed by atoms with Crippen molar-refractivity contribution < 1.29 is 9.15 Å². The Morgan fingerprint density at radius 2 is 2.00 bits per heavy atom. The molecule has 0 aliphatic heterocycles. The second kappa shape index (κ2) is 6.53. The average Bonchev–Trinajstić information content (AvgIpc) is 2.96. The highest BCUT2D eigenvalue weighted by atomic mass is 16.5. The molecule has 114 valence electrons. The second-order valence-corrected chi connectivity index (χ2v) is 5.00. The second-order valence-electron chi connectivity index (χ2n) is 5.00. The van der Waals surface area contributed by atoms with Gasteiger partial charge < -0.3 is 14.1 Å². The van der Waals surface area contributed by atoms with E-state index in [4.69, 9.17) is 9.15 Å². The lowest BCUT2D eigenvalue weighted by Crippen LogP contribution is -2.27. The zero-order valence-corrected chi connectivity index (χ0v) is 12.7. The van der Waals surface area contributed by atoms with Gasteiger partial charge in [0.15, 0.2) is 5.65 Å². The van der Waals surface area contributed by atoms with Crippen LogP contribution in [0.5, 0.6) is 0 Å². The molecule has 0 saturated heterocycles. The molecule has 3 aromatic rings. The van der Waals surface area contributed by atoms with Crippen LogP contribution in [0.1, 0.15) is 11.5 Å². The summed E-state index contributed by atoms with van der Waals surface area (Å²) in [5.41, 5.74) is 1.42. The maximum absolute atomic E-state index is 5.66. The van der Waals surface area contributed by atoms with Gasteiger partial charge in [0.1, 0.15) is 22.9 Å². The molecule has 0 saturated carbocycles. The standard InChI is InChI=1S/C16H18N4O2/c1-12-3-4-13(22-12)11-20(9-10-21-2)15-6-5-14-16(19-15)18-8-7-17-14/h3-8H,9-11H2,1-2H3. The molecule has 22 heavy (non-hydrogen) atoms. The fourth-order valence-corrected chi connectivity index (χ4v) is 2.25. The smallest absolute Gasteiger partial charge is 0.180 e. The van der Waals surface area contributed by atoms with E-state index in [1.54, 1.807) is 19.5 Å². The van der Waals surface area contributed by atoms with Crippen molar-refractivity contribution in [2.24, 2.45) is 0 Å². The number of rotatable bonds is 6. The van der Waals surface area contributed by atoms with Gasteiger partial charge in [-0.2, -0.15) is 0 Å². The van der Waals surface area contributed by atoms with E-state index >= 15 is 0 Å². The molecule has 0 atom stereocenters. The molecule has 3 aromatic heterocycles. The summed E-state index contributed by atoms with van der Waals surface area (Å²) in [6, 6.07) is 7.82. The van der Waals surface area contributed by atoms with Gasteiger partial charge in [-0.05, 0) is 31.2 Å². The Morgan fingerprint density at radius 1 is 1.14 bits per heavy atom. The number of aryl methyl sites for hydroxylation is 1. The number of anilines is 1. The molecule has 0 unspecified atom stereocenters. The average molecular weight is 298 g/mol. The number of furan rings is 1. The molecule has 6 heteroatoms. The van der Waals surface area contributed by atoms with Crippen LogP contribution in [0.25, 0.3) is 11.2 Å². The first kappa shape index (κ1) is 14.5. The van der Waals surface area contributed by atoms with E-state index < -0.39 is 0 Å². The minimum Gasteiger partial charge on any atom is -0.464 e. The zero-order chi connectivity index (χ0) is 15.4. The molecule has 0 aliphatic rings. The van der Waals surface area contributed by atoms with Crippen LogP contribution < -0.4 is 4.90 Å². The Labute approximate surface area is 128 Å². The summed E-state index contributed by atoms with van der Waals surface area (Å²) in [5, 5.41) is 0. The molecule has 3 heterocycles. The van der Waals surface area contributed by atoms with E-state index in [0.717, 1.165) is 29.4 Å². The summed E-state index contributed by atoms with van der Waals surface area (Å²) in [5.74, 6) is 2.63. The third-order valence-electron chi connectivity index (χ3n) is 3.35. The third kappa shape index (κ3) is 3.23. The molecule has 0 bridgehead atoms. The van der Waals surface area contributed by atoms with Gasteiger partial charge in [-0.25, -0.2) is 9.97 Å². The predicted octanol–water partition coefficient (Wildman–Crippen LogP) is 2.58. The molecule has 3 rings (SSSR count). The van der Waals surface area contributed by atoms with E-state index in [9.17, 15) is 0 Å².